The van der Waals surface area contributed by atoms with Gasteiger partial charge in [-0.3, -0.25) is 19.7 Å². The van der Waals surface area contributed by atoms with Crippen LogP contribution in [-0.2, 0) is 4.79 Å². The summed E-state index contributed by atoms with van der Waals surface area (Å²) < 4.78 is 13.5. The number of carbonyl (C=O) groups excluding carboxylic acids is 1. The Kier molecular flexibility index (Phi) is 5.34. The highest BCUT2D eigenvalue weighted by Gasteiger charge is 2.22. The Labute approximate surface area is 119 Å². The molecule has 0 bridgehead atoms. The predicted molar refractivity (Wildman–Crippen MR) is 71.4 cm³/mol. The molecule has 1 rings (SSSR count). The summed E-state index contributed by atoms with van der Waals surface area (Å²) in [4.78, 5) is 32.3. The van der Waals surface area contributed by atoms with Crippen LogP contribution in [0.25, 0.3) is 0 Å². The van der Waals surface area contributed by atoms with Crippen LogP contribution in [0.2, 0.25) is 0 Å². The Morgan fingerprint density at radius 2 is 2.05 bits per heavy atom. The lowest BCUT2D eigenvalue weighted by Crippen LogP contribution is -2.40. The molecule has 7 nitrogen and oxygen atoms in total. The molecule has 0 fully saturated rings. The van der Waals surface area contributed by atoms with Gasteiger partial charge in [-0.05, 0) is 18.1 Å². The zero-order valence-electron chi connectivity index (χ0n) is 11.5. The summed E-state index contributed by atoms with van der Waals surface area (Å²) in [6, 6.07) is 2.15. The third-order valence-corrected chi connectivity index (χ3v) is 2.92. The Hall–Kier alpha value is -2.51. The van der Waals surface area contributed by atoms with Crippen molar-refractivity contribution in [2.75, 3.05) is 0 Å². The van der Waals surface area contributed by atoms with Crippen molar-refractivity contribution in [3.63, 3.8) is 0 Å². The lowest BCUT2D eigenvalue weighted by molar-refractivity contribution is -0.387. The van der Waals surface area contributed by atoms with Crippen molar-refractivity contribution in [1.29, 1.82) is 0 Å². The van der Waals surface area contributed by atoms with Crippen LogP contribution in [-0.4, -0.2) is 27.9 Å². The van der Waals surface area contributed by atoms with Crippen LogP contribution >= 0.6 is 0 Å². The number of carbonyl (C=O) groups is 2. The van der Waals surface area contributed by atoms with Gasteiger partial charge < -0.3 is 10.4 Å². The van der Waals surface area contributed by atoms with Gasteiger partial charge in [0, 0.05) is 17.7 Å². The Morgan fingerprint density at radius 3 is 2.48 bits per heavy atom. The summed E-state index contributed by atoms with van der Waals surface area (Å²) in [5, 5.41) is 21.7. The number of nitrogens with zero attached hydrogens (tertiary/aromatic N) is 1. The van der Waals surface area contributed by atoms with Gasteiger partial charge >= 0.3 is 11.7 Å². The number of hydrogen-bond donors (Lipinski definition) is 2. The minimum Gasteiger partial charge on any atom is -0.481 e. The second kappa shape index (κ2) is 6.78. The van der Waals surface area contributed by atoms with Crippen molar-refractivity contribution < 1.29 is 24.0 Å². The third kappa shape index (κ3) is 4.51. The van der Waals surface area contributed by atoms with Crippen molar-refractivity contribution in [3.8, 4) is 0 Å². The second-order valence-corrected chi connectivity index (χ2v) is 4.85. The van der Waals surface area contributed by atoms with Crippen LogP contribution in [0, 0.1) is 21.8 Å². The molecule has 1 aromatic carbocycles. The van der Waals surface area contributed by atoms with E-state index in [1.54, 1.807) is 13.8 Å². The predicted octanol–water partition coefficient (Wildman–Crippen LogP) is 1.96. The molecule has 8 heteroatoms. The van der Waals surface area contributed by atoms with Crippen molar-refractivity contribution in [2.45, 2.75) is 26.3 Å². The summed E-state index contributed by atoms with van der Waals surface area (Å²) in [6.45, 7) is 3.48. The normalized spacial score (nSPS) is 12.0. The zero-order chi connectivity index (χ0) is 16.2. The molecule has 0 aliphatic carbocycles. The van der Waals surface area contributed by atoms with Crippen molar-refractivity contribution >= 4 is 17.6 Å². The number of rotatable bonds is 6. The molecule has 21 heavy (non-hydrogen) atoms. The summed E-state index contributed by atoms with van der Waals surface area (Å²) in [5.74, 6) is -2.99. The fraction of sp³-hybridized carbons (Fsp3) is 0.385. The van der Waals surface area contributed by atoms with E-state index in [1.807, 2.05) is 0 Å². The van der Waals surface area contributed by atoms with Gasteiger partial charge in [0.05, 0.1) is 11.3 Å². The van der Waals surface area contributed by atoms with E-state index in [-0.39, 0.29) is 17.9 Å². The number of nitrogens with one attached hydrogen (secondary N) is 1. The maximum atomic E-state index is 13.5. The maximum Gasteiger partial charge on any atom is 0.305 e. The van der Waals surface area contributed by atoms with Gasteiger partial charge in [-0.2, -0.15) is 4.39 Å². The topological polar surface area (TPSA) is 110 Å². The monoisotopic (exact) mass is 298 g/mol. The molecule has 0 saturated carbocycles. The lowest BCUT2D eigenvalue weighted by atomic mass is 10.0. The van der Waals surface area contributed by atoms with Crippen LogP contribution in [0.1, 0.15) is 30.6 Å². The summed E-state index contributed by atoms with van der Waals surface area (Å²) >= 11 is 0. The molecular weight excluding hydrogens is 283 g/mol. The van der Waals surface area contributed by atoms with E-state index in [4.69, 9.17) is 5.11 Å². The summed E-state index contributed by atoms with van der Waals surface area (Å²) in [6.07, 6.45) is -0.265. The van der Waals surface area contributed by atoms with E-state index < -0.39 is 34.3 Å². The van der Waals surface area contributed by atoms with E-state index in [0.29, 0.717) is 0 Å². The molecule has 1 unspecified atom stereocenters. The van der Waals surface area contributed by atoms with Crippen LogP contribution in [0.15, 0.2) is 18.2 Å². The second-order valence-electron chi connectivity index (χ2n) is 4.85. The highest BCUT2D eigenvalue weighted by molar-refractivity contribution is 5.94. The van der Waals surface area contributed by atoms with Gasteiger partial charge in [0.25, 0.3) is 5.91 Å². The summed E-state index contributed by atoms with van der Waals surface area (Å²) in [7, 11) is 0. The quantitative estimate of drug-likeness (QED) is 0.616. The van der Waals surface area contributed by atoms with Crippen molar-refractivity contribution in [2.24, 2.45) is 5.92 Å². The molecule has 0 spiro atoms. The minimum absolute atomic E-state index is 0.103. The highest BCUT2D eigenvalue weighted by atomic mass is 19.1. The van der Waals surface area contributed by atoms with E-state index in [1.165, 1.54) is 0 Å². The van der Waals surface area contributed by atoms with Crippen molar-refractivity contribution in [3.05, 3.63) is 39.7 Å². The number of aliphatic carboxylic acids is 1. The smallest absolute Gasteiger partial charge is 0.305 e. The number of halogens is 1. The SMILES string of the molecule is CC(C)C(CC(=O)O)NC(=O)c1ccc([N+](=O)[O-])c(F)c1. The largest absolute Gasteiger partial charge is 0.481 e. The molecular formula is C13H15FN2O5. The average Bonchev–Trinajstić information content (AvgIpc) is 2.36. The fourth-order valence-electron chi connectivity index (χ4n) is 1.69. The fourth-order valence-corrected chi connectivity index (χ4v) is 1.69. The molecule has 1 amide bonds. The maximum absolute atomic E-state index is 13.5. The van der Waals surface area contributed by atoms with Crippen LogP contribution in [0.4, 0.5) is 10.1 Å². The van der Waals surface area contributed by atoms with Crippen molar-refractivity contribution in [1.82, 2.24) is 5.32 Å². The standard InChI is InChI=1S/C13H15FN2O5/c1-7(2)10(6-12(17)18)15-13(19)8-3-4-11(16(20)21)9(14)5-8/h3-5,7,10H,6H2,1-2H3,(H,15,19)(H,17,18). The molecule has 1 aromatic rings. The number of carboxylic acids is 1. The molecule has 0 heterocycles. The van der Waals surface area contributed by atoms with Gasteiger partial charge in [-0.1, -0.05) is 13.8 Å². The first-order valence-electron chi connectivity index (χ1n) is 6.19. The first kappa shape index (κ1) is 16.5. The molecule has 0 saturated heterocycles. The molecule has 0 aromatic heterocycles. The highest BCUT2D eigenvalue weighted by Crippen LogP contribution is 2.18. The minimum atomic E-state index is -1.12. The summed E-state index contributed by atoms with van der Waals surface area (Å²) in [5.41, 5.74) is -0.827. The Morgan fingerprint density at radius 1 is 1.43 bits per heavy atom. The van der Waals surface area contributed by atoms with E-state index in [9.17, 15) is 24.1 Å². The molecule has 114 valence electrons. The van der Waals surface area contributed by atoms with E-state index >= 15 is 0 Å². The van der Waals surface area contributed by atoms with Crippen LogP contribution in [0.3, 0.4) is 0 Å². The molecule has 0 aliphatic heterocycles. The van der Waals surface area contributed by atoms with Gasteiger partial charge in [0.15, 0.2) is 0 Å². The van der Waals surface area contributed by atoms with Gasteiger partial charge in [-0.15, -0.1) is 0 Å². The van der Waals surface area contributed by atoms with Crippen LogP contribution in [0.5, 0.6) is 0 Å². The molecule has 2 N–H and O–H groups in total. The first-order valence-corrected chi connectivity index (χ1v) is 6.19. The van der Waals surface area contributed by atoms with E-state index in [2.05, 4.69) is 5.32 Å². The number of hydrogen-bond acceptors (Lipinski definition) is 4. The number of benzene rings is 1. The molecule has 0 radical (unpaired) electrons. The van der Waals surface area contributed by atoms with Gasteiger partial charge in [0.1, 0.15) is 0 Å². The molecule has 0 aliphatic rings. The van der Waals surface area contributed by atoms with Crippen LogP contribution < -0.4 is 5.32 Å². The Balaban J connectivity index is 2.90. The third-order valence-electron chi connectivity index (χ3n) is 2.92. The molecule has 1 atom stereocenters. The van der Waals surface area contributed by atoms with Gasteiger partial charge in [0.2, 0.25) is 5.82 Å². The number of carboxylic acid groups (broad SMARTS) is 1. The van der Waals surface area contributed by atoms with Gasteiger partial charge in [-0.25, -0.2) is 0 Å². The van der Waals surface area contributed by atoms with E-state index in [0.717, 1.165) is 18.2 Å². The zero-order valence-corrected chi connectivity index (χ0v) is 11.5. The number of nitro groups is 1. The Bertz CT molecular complexity index is 574. The number of amides is 1. The lowest BCUT2D eigenvalue weighted by Gasteiger charge is -2.20. The first-order chi connectivity index (χ1) is 9.72. The average molecular weight is 298 g/mol. The number of nitro benzene ring substituents is 1.